The Hall–Kier alpha value is -3.68. The number of allylic oxidation sites excluding steroid dienone is 1. The van der Waals surface area contributed by atoms with E-state index in [4.69, 9.17) is 17.7 Å². The summed E-state index contributed by atoms with van der Waals surface area (Å²) in [6.07, 6.45) is 4.81. The van der Waals surface area contributed by atoms with Gasteiger partial charge in [-0.2, -0.15) is 0 Å². The average molecular weight is 447 g/mol. The Bertz CT molecular complexity index is 1420. The lowest BCUT2D eigenvalue weighted by molar-refractivity contribution is -0.342. The Kier molecular flexibility index (Phi) is 5.94. The third-order valence-corrected chi connectivity index (χ3v) is 5.10. The molecule has 2 heterocycles. The Morgan fingerprint density at radius 3 is 2.34 bits per heavy atom. The number of methoxy groups -OCH3 is 1. The maximum atomic E-state index is 9.08. The van der Waals surface area contributed by atoms with Crippen molar-refractivity contribution in [1.82, 2.24) is 4.98 Å². The second-order valence-electron chi connectivity index (χ2n) is 7.30. The third-order valence-electron chi connectivity index (χ3n) is 5.10. The van der Waals surface area contributed by atoms with E-state index in [0.717, 1.165) is 22.5 Å². The number of fused-ring (bicyclic) bond motifs is 2. The van der Waals surface area contributed by atoms with Gasteiger partial charge in [0.1, 0.15) is 5.75 Å². The lowest BCUT2D eigenvalue weighted by Gasteiger charge is -2.11. The largest absolute Gasteiger partial charge is 0.748 e. The van der Waals surface area contributed by atoms with Gasteiger partial charge in [0.25, 0.3) is 0 Å². The van der Waals surface area contributed by atoms with Crippen molar-refractivity contribution in [2.75, 3.05) is 13.4 Å². The first kappa shape index (κ1) is 21.5. The quantitative estimate of drug-likeness (QED) is 0.473. The highest BCUT2D eigenvalue weighted by molar-refractivity contribution is 7.84. The van der Waals surface area contributed by atoms with Crippen LogP contribution in [0.25, 0.3) is 22.0 Å². The molecule has 0 radical (unpaired) electrons. The van der Waals surface area contributed by atoms with Gasteiger partial charge in [0.05, 0.1) is 28.4 Å². The number of hydrogen-bond acceptors (Lipinski definition) is 4. The molecule has 0 unspecified atom stereocenters. The number of hydrogen-bond donors (Lipinski definition) is 2. The molecule has 0 spiro atoms. The molecule has 32 heavy (non-hydrogen) atoms. The molecule has 5 rings (SSSR count). The lowest BCUT2D eigenvalue weighted by atomic mass is 9.90. The zero-order chi connectivity index (χ0) is 22.7. The number of H-pyrrole nitrogens is 1. The van der Waals surface area contributed by atoms with Crippen LogP contribution in [0.5, 0.6) is 5.75 Å². The standard InChI is InChI=1S/C24H18N2O.CH4O3S/c1-27-17-12-10-16(11-13-17)24(20-14-25-22-8-4-2-6-18(20)22)21-15-26-23-9-5-3-7-19(21)23;1-5(2,3)4/h2-15,25H,1H3;1H3,(H,2,3,4)/b24-21+;. The monoisotopic (exact) mass is 446 g/mol. The molecule has 0 saturated heterocycles. The second-order valence-corrected chi connectivity index (χ2v) is 8.71. The molecule has 0 amide bonds. The molecule has 3 aromatic carbocycles. The molecule has 6 nitrogen and oxygen atoms in total. The van der Waals surface area contributed by atoms with Crippen LogP contribution in [-0.2, 0) is 10.1 Å². The summed E-state index contributed by atoms with van der Waals surface area (Å²) in [5.74, 6) is 0.857. The highest BCUT2D eigenvalue weighted by Gasteiger charge is 2.24. The van der Waals surface area contributed by atoms with E-state index in [1.807, 2.05) is 12.1 Å². The average Bonchev–Trinajstić information content (AvgIpc) is 3.39. The number of ether oxygens (including phenoxy) is 1. The molecule has 1 aliphatic rings. The molecule has 4 aromatic rings. The van der Waals surface area contributed by atoms with Gasteiger partial charge in [-0.3, -0.25) is 0 Å². The van der Waals surface area contributed by atoms with Crippen molar-refractivity contribution in [3.63, 3.8) is 0 Å². The number of para-hydroxylation sites is 2. The van der Waals surface area contributed by atoms with Crippen molar-refractivity contribution >= 4 is 44.1 Å². The molecule has 7 heteroatoms. The molecule has 1 aliphatic heterocycles. The molecule has 162 valence electrons. The minimum Gasteiger partial charge on any atom is -0.748 e. The van der Waals surface area contributed by atoms with Crippen molar-refractivity contribution in [1.29, 1.82) is 0 Å². The van der Waals surface area contributed by atoms with E-state index in [1.54, 1.807) is 7.11 Å². The van der Waals surface area contributed by atoms with Gasteiger partial charge in [0.2, 0.25) is 5.69 Å². The third kappa shape index (κ3) is 4.64. The highest BCUT2D eigenvalue weighted by atomic mass is 32.2. The van der Waals surface area contributed by atoms with Gasteiger partial charge >= 0.3 is 0 Å². The van der Waals surface area contributed by atoms with Crippen LogP contribution in [0.2, 0.25) is 0 Å². The van der Waals surface area contributed by atoms with Crippen LogP contribution in [0.1, 0.15) is 16.7 Å². The van der Waals surface area contributed by atoms with E-state index in [1.165, 1.54) is 27.7 Å². The summed E-state index contributed by atoms with van der Waals surface area (Å²) in [6.45, 7) is 0. The van der Waals surface area contributed by atoms with E-state index >= 15 is 0 Å². The number of aromatic amines is 1. The Labute approximate surface area is 186 Å². The van der Waals surface area contributed by atoms with Crippen LogP contribution in [0.4, 0.5) is 5.69 Å². The van der Waals surface area contributed by atoms with Gasteiger partial charge in [-0.1, -0.05) is 42.5 Å². The Morgan fingerprint density at radius 2 is 1.62 bits per heavy atom. The molecule has 0 saturated carbocycles. The predicted molar refractivity (Wildman–Crippen MR) is 126 cm³/mol. The second kappa shape index (κ2) is 8.82. The minimum atomic E-state index is -3.92. The first-order chi connectivity index (χ1) is 15.3. The van der Waals surface area contributed by atoms with Crippen molar-refractivity contribution in [2.24, 2.45) is 0 Å². The summed E-state index contributed by atoms with van der Waals surface area (Å²) < 4.78 is 32.6. The van der Waals surface area contributed by atoms with Crippen LogP contribution in [-0.4, -0.2) is 37.5 Å². The van der Waals surface area contributed by atoms with Crippen LogP contribution < -0.4 is 9.73 Å². The maximum Gasteiger partial charge on any atom is 0.211 e. The molecular formula is C25H22N2O4S. The summed E-state index contributed by atoms with van der Waals surface area (Å²) in [4.78, 5) is 6.83. The van der Waals surface area contributed by atoms with E-state index in [2.05, 4.69) is 83.1 Å². The van der Waals surface area contributed by atoms with E-state index in [9.17, 15) is 0 Å². The number of benzene rings is 3. The minimum absolute atomic E-state index is 0.604. The first-order valence-electron chi connectivity index (χ1n) is 9.90. The fourth-order valence-corrected chi connectivity index (χ4v) is 3.77. The molecule has 0 fully saturated rings. The van der Waals surface area contributed by atoms with Gasteiger partial charge in [0, 0.05) is 40.6 Å². The smallest absolute Gasteiger partial charge is 0.211 e. The maximum absolute atomic E-state index is 9.08. The van der Waals surface area contributed by atoms with Gasteiger partial charge < -0.3 is 14.3 Å². The summed E-state index contributed by atoms with van der Waals surface area (Å²) in [5, 5.41) is 1.22. The Morgan fingerprint density at radius 1 is 0.969 bits per heavy atom. The molecule has 0 bridgehead atoms. The van der Waals surface area contributed by atoms with Crippen molar-refractivity contribution in [3.8, 4) is 5.75 Å². The lowest BCUT2D eigenvalue weighted by Crippen LogP contribution is -2.58. The molecule has 0 aliphatic carbocycles. The number of aromatic nitrogens is 1. The fraction of sp³-hybridized carbons (Fsp3) is 0.0800. The fourth-order valence-electron chi connectivity index (χ4n) is 3.77. The highest BCUT2D eigenvalue weighted by Crippen LogP contribution is 2.37. The van der Waals surface area contributed by atoms with E-state index in [-0.39, 0.29) is 0 Å². The van der Waals surface area contributed by atoms with Gasteiger partial charge in [-0.05, 0) is 29.8 Å². The first-order valence-corrected chi connectivity index (χ1v) is 11.7. The zero-order valence-electron chi connectivity index (χ0n) is 17.6. The van der Waals surface area contributed by atoms with E-state index in [0.29, 0.717) is 6.26 Å². The van der Waals surface area contributed by atoms with Crippen LogP contribution in [0, 0.1) is 0 Å². The van der Waals surface area contributed by atoms with E-state index < -0.39 is 10.1 Å². The van der Waals surface area contributed by atoms with Gasteiger partial charge in [0.15, 0.2) is 6.21 Å². The zero-order valence-corrected chi connectivity index (χ0v) is 18.4. The van der Waals surface area contributed by atoms with Gasteiger partial charge in [-0.15, -0.1) is 0 Å². The summed E-state index contributed by atoms with van der Waals surface area (Å²) >= 11 is 0. The normalized spacial score (nSPS) is 14.0. The van der Waals surface area contributed by atoms with Crippen LogP contribution >= 0.6 is 0 Å². The van der Waals surface area contributed by atoms with Gasteiger partial charge in [-0.25, -0.2) is 13.4 Å². The predicted octanol–water partition coefficient (Wildman–Crippen LogP) is 3.09. The van der Waals surface area contributed by atoms with Crippen molar-refractivity contribution in [2.45, 2.75) is 0 Å². The molecular weight excluding hydrogens is 424 g/mol. The summed E-state index contributed by atoms with van der Waals surface area (Å²) in [5.41, 5.74) is 8.24. The Balaban J connectivity index is 0.000000444. The van der Waals surface area contributed by atoms with Crippen LogP contribution in [0.15, 0.2) is 79.0 Å². The topological polar surface area (TPSA) is 96.2 Å². The van der Waals surface area contributed by atoms with Crippen LogP contribution in [0.3, 0.4) is 0 Å². The van der Waals surface area contributed by atoms with Crippen molar-refractivity contribution in [3.05, 3.63) is 95.7 Å². The summed E-state index contributed by atoms with van der Waals surface area (Å²) in [6, 6.07) is 25.1. The number of nitrogens with one attached hydrogen (secondary N) is 2. The molecule has 2 N–H and O–H groups in total. The molecule has 0 atom stereocenters. The number of rotatable bonds is 3. The SMILES string of the molecule is COc1ccc(/C(=C2/C=[NH+]c3ccccc32)c2c[nH]c3ccccc23)cc1.CS(=O)(=O)[O-]. The summed E-state index contributed by atoms with van der Waals surface area (Å²) in [7, 11) is -2.22. The molecule has 1 aromatic heterocycles. The van der Waals surface area contributed by atoms with Crippen molar-refractivity contribution < 1.29 is 22.7 Å².